The molecule has 0 radical (unpaired) electrons. The van der Waals surface area contributed by atoms with Gasteiger partial charge in [-0.15, -0.1) is 0 Å². The third kappa shape index (κ3) is 3.41. The fraction of sp³-hybridized carbons (Fsp3) is 0.625. The highest BCUT2D eigenvalue weighted by atomic mass is 16.5. The maximum Gasteiger partial charge on any atom is 0.125 e. The Hall–Kier alpha value is -1.22. The van der Waals surface area contributed by atoms with Crippen LogP contribution < -0.4 is 9.64 Å². The summed E-state index contributed by atoms with van der Waals surface area (Å²) in [6.07, 6.45) is 0. The van der Waals surface area contributed by atoms with E-state index in [1.165, 1.54) is 16.8 Å². The summed E-state index contributed by atoms with van der Waals surface area (Å²) in [5.41, 5.74) is 4.67. The first kappa shape index (κ1) is 15.8. The number of aliphatic hydroxyl groups is 1. The topological polar surface area (TPSA) is 32.7 Å². The quantitative estimate of drug-likeness (QED) is 0.888. The molecule has 0 atom stereocenters. The maximum atomic E-state index is 9.40. The number of benzene rings is 1. The van der Waals surface area contributed by atoms with Gasteiger partial charge in [-0.2, -0.15) is 0 Å². The monoisotopic (exact) mass is 265 g/mol. The summed E-state index contributed by atoms with van der Waals surface area (Å²) < 4.78 is 5.45. The van der Waals surface area contributed by atoms with Crippen LogP contribution in [0.1, 0.15) is 30.5 Å². The third-order valence-electron chi connectivity index (χ3n) is 3.71. The van der Waals surface area contributed by atoms with Gasteiger partial charge in [0.15, 0.2) is 0 Å². The molecule has 1 aromatic rings. The van der Waals surface area contributed by atoms with Gasteiger partial charge < -0.3 is 14.7 Å². The molecular weight excluding hydrogens is 238 g/mol. The van der Waals surface area contributed by atoms with E-state index in [0.29, 0.717) is 0 Å². The van der Waals surface area contributed by atoms with Gasteiger partial charge in [0.1, 0.15) is 5.75 Å². The maximum absolute atomic E-state index is 9.40. The molecular formula is C16H27NO2. The van der Waals surface area contributed by atoms with E-state index in [1.807, 2.05) is 0 Å². The first-order chi connectivity index (χ1) is 8.73. The van der Waals surface area contributed by atoms with Gasteiger partial charge >= 0.3 is 0 Å². The van der Waals surface area contributed by atoms with E-state index in [2.05, 4.69) is 52.6 Å². The Morgan fingerprint density at radius 2 is 1.79 bits per heavy atom. The van der Waals surface area contributed by atoms with Gasteiger partial charge in [0.05, 0.1) is 7.11 Å². The van der Waals surface area contributed by atoms with Crippen LogP contribution in [0.5, 0.6) is 5.75 Å². The van der Waals surface area contributed by atoms with Gasteiger partial charge in [0.25, 0.3) is 0 Å². The molecule has 3 heteroatoms. The summed E-state index contributed by atoms with van der Waals surface area (Å²) in [5.74, 6) is 0.969. The van der Waals surface area contributed by atoms with Crippen molar-refractivity contribution in [1.29, 1.82) is 0 Å². The molecule has 0 saturated carbocycles. The molecule has 0 aliphatic heterocycles. The smallest absolute Gasteiger partial charge is 0.125 e. The predicted molar refractivity (Wildman–Crippen MR) is 81.3 cm³/mol. The Labute approximate surface area is 117 Å². The lowest BCUT2D eigenvalue weighted by molar-refractivity contribution is 0.165. The predicted octanol–water partition coefficient (Wildman–Crippen LogP) is 3.08. The first-order valence-electron chi connectivity index (χ1n) is 6.70. The van der Waals surface area contributed by atoms with E-state index in [9.17, 15) is 5.11 Å². The largest absolute Gasteiger partial charge is 0.496 e. The van der Waals surface area contributed by atoms with Crippen molar-refractivity contribution in [3.8, 4) is 5.75 Å². The minimum Gasteiger partial charge on any atom is -0.496 e. The number of ether oxygens (including phenoxy) is 1. The molecule has 0 bridgehead atoms. The number of methoxy groups -OCH3 is 1. The minimum atomic E-state index is -0.108. The molecule has 108 valence electrons. The van der Waals surface area contributed by atoms with Crippen LogP contribution in [-0.2, 0) is 0 Å². The molecule has 19 heavy (non-hydrogen) atoms. The van der Waals surface area contributed by atoms with Crippen LogP contribution in [0.15, 0.2) is 6.07 Å². The summed E-state index contributed by atoms with van der Waals surface area (Å²) >= 11 is 0. The Kier molecular flexibility index (Phi) is 4.86. The molecule has 0 aliphatic rings. The van der Waals surface area contributed by atoms with E-state index in [0.717, 1.165) is 17.9 Å². The van der Waals surface area contributed by atoms with Crippen molar-refractivity contribution in [1.82, 2.24) is 0 Å². The SMILES string of the molecule is COc1c(C)cc(N(C)CC(C)(C)CO)c(C)c1C. The molecule has 0 saturated heterocycles. The number of aryl methyl sites for hydroxylation is 1. The number of anilines is 1. The van der Waals surface area contributed by atoms with E-state index < -0.39 is 0 Å². The second-order valence-electron chi connectivity index (χ2n) is 6.17. The van der Waals surface area contributed by atoms with Gasteiger partial charge in [-0.3, -0.25) is 0 Å². The molecule has 0 aromatic heterocycles. The Morgan fingerprint density at radius 3 is 2.26 bits per heavy atom. The van der Waals surface area contributed by atoms with Crippen LogP contribution in [-0.4, -0.2) is 32.4 Å². The molecule has 0 amide bonds. The number of aliphatic hydroxyl groups excluding tert-OH is 1. The number of nitrogens with zero attached hydrogens (tertiary/aromatic N) is 1. The van der Waals surface area contributed by atoms with Crippen LogP contribution >= 0.6 is 0 Å². The summed E-state index contributed by atoms with van der Waals surface area (Å²) in [4.78, 5) is 2.21. The van der Waals surface area contributed by atoms with Gasteiger partial charge in [0.2, 0.25) is 0 Å². The number of rotatable bonds is 5. The average Bonchev–Trinajstić information content (AvgIpc) is 2.33. The Bertz CT molecular complexity index is 453. The van der Waals surface area contributed by atoms with Gasteiger partial charge in [-0.25, -0.2) is 0 Å². The van der Waals surface area contributed by atoms with E-state index in [1.54, 1.807) is 7.11 Å². The van der Waals surface area contributed by atoms with Crippen molar-refractivity contribution < 1.29 is 9.84 Å². The third-order valence-corrected chi connectivity index (χ3v) is 3.71. The van der Waals surface area contributed by atoms with Crippen LogP contribution in [0, 0.1) is 26.2 Å². The molecule has 1 rings (SSSR count). The van der Waals surface area contributed by atoms with Crippen molar-refractivity contribution in [3.05, 3.63) is 22.8 Å². The number of hydrogen-bond donors (Lipinski definition) is 1. The lowest BCUT2D eigenvalue weighted by Crippen LogP contribution is -2.34. The lowest BCUT2D eigenvalue weighted by atomic mass is 9.93. The zero-order chi connectivity index (χ0) is 14.8. The van der Waals surface area contributed by atoms with Crippen LogP contribution in [0.25, 0.3) is 0 Å². The summed E-state index contributed by atoms with van der Waals surface area (Å²) in [7, 11) is 3.79. The Morgan fingerprint density at radius 1 is 1.21 bits per heavy atom. The Balaban J connectivity index is 3.15. The number of hydrogen-bond acceptors (Lipinski definition) is 3. The van der Waals surface area contributed by atoms with Crippen molar-refractivity contribution >= 4 is 5.69 Å². The highest BCUT2D eigenvalue weighted by Crippen LogP contribution is 2.34. The zero-order valence-electron chi connectivity index (χ0n) is 13.3. The second-order valence-corrected chi connectivity index (χ2v) is 6.17. The van der Waals surface area contributed by atoms with E-state index in [4.69, 9.17) is 4.74 Å². The van der Waals surface area contributed by atoms with Gasteiger partial charge in [0, 0.05) is 31.3 Å². The molecule has 1 N–H and O–H groups in total. The molecule has 3 nitrogen and oxygen atoms in total. The molecule has 0 unspecified atom stereocenters. The van der Waals surface area contributed by atoms with Crippen LogP contribution in [0.2, 0.25) is 0 Å². The van der Waals surface area contributed by atoms with Crippen LogP contribution in [0.4, 0.5) is 5.69 Å². The average molecular weight is 265 g/mol. The highest BCUT2D eigenvalue weighted by molar-refractivity contribution is 5.62. The zero-order valence-corrected chi connectivity index (χ0v) is 13.3. The second kappa shape index (κ2) is 5.83. The lowest BCUT2D eigenvalue weighted by Gasteiger charge is -2.32. The highest BCUT2D eigenvalue weighted by Gasteiger charge is 2.21. The first-order valence-corrected chi connectivity index (χ1v) is 6.70. The van der Waals surface area contributed by atoms with Crippen molar-refractivity contribution in [3.63, 3.8) is 0 Å². The molecule has 0 aliphatic carbocycles. The molecule has 0 spiro atoms. The summed E-state index contributed by atoms with van der Waals surface area (Å²) in [5, 5.41) is 9.40. The fourth-order valence-corrected chi connectivity index (χ4v) is 2.52. The van der Waals surface area contributed by atoms with Crippen molar-refractivity contribution in [2.75, 3.05) is 32.2 Å². The van der Waals surface area contributed by atoms with Gasteiger partial charge in [-0.1, -0.05) is 13.8 Å². The van der Waals surface area contributed by atoms with Crippen molar-refractivity contribution in [2.24, 2.45) is 5.41 Å². The molecule has 0 heterocycles. The molecule has 1 aromatic carbocycles. The fourth-order valence-electron chi connectivity index (χ4n) is 2.52. The van der Waals surface area contributed by atoms with Crippen molar-refractivity contribution in [2.45, 2.75) is 34.6 Å². The molecule has 0 fully saturated rings. The normalized spacial score (nSPS) is 11.6. The minimum absolute atomic E-state index is 0.108. The van der Waals surface area contributed by atoms with E-state index >= 15 is 0 Å². The van der Waals surface area contributed by atoms with E-state index in [-0.39, 0.29) is 12.0 Å². The summed E-state index contributed by atoms with van der Waals surface area (Å²) in [6.45, 7) is 11.4. The standard InChI is InChI=1S/C16H27NO2/c1-11-8-14(12(2)13(3)15(11)19-7)17(6)9-16(4,5)10-18/h8,18H,9-10H2,1-7H3. The summed E-state index contributed by atoms with van der Waals surface area (Å²) in [6, 6.07) is 2.16. The van der Waals surface area contributed by atoms with Crippen LogP contribution in [0.3, 0.4) is 0 Å². The van der Waals surface area contributed by atoms with Gasteiger partial charge in [-0.05, 0) is 43.5 Å².